The van der Waals surface area contributed by atoms with Gasteiger partial charge < -0.3 is 15.6 Å². The van der Waals surface area contributed by atoms with Crippen LogP contribution in [-0.4, -0.2) is 17.3 Å². The van der Waals surface area contributed by atoms with E-state index in [4.69, 9.17) is 10.5 Å². The first kappa shape index (κ1) is 12.3. The van der Waals surface area contributed by atoms with Gasteiger partial charge in [0.1, 0.15) is 17.7 Å². The summed E-state index contributed by atoms with van der Waals surface area (Å²) < 4.78 is 18.8. The molecule has 2 atom stereocenters. The summed E-state index contributed by atoms with van der Waals surface area (Å²) in [5.41, 5.74) is 6.19. The van der Waals surface area contributed by atoms with Gasteiger partial charge in [0.15, 0.2) is 0 Å². The molecular formula is C13H18FNO2. The van der Waals surface area contributed by atoms with Crippen molar-refractivity contribution in [2.45, 2.75) is 44.4 Å². The molecule has 94 valence electrons. The first-order chi connectivity index (χ1) is 8.20. The van der Waals surface area contributed by atoms with Crippen LogP contribution in [0.15, 0.2) is 18.2 Å². The second kappa shape index (κ2) is 5.47. The molecule has 1 aromatic rings. The Hall–Kier alpha value is -1.13. The molecule has 0 aliphatic heterocycles. The lowest BCUT2D eigenvalue weighted by Gasteiger charge is -2.28. The van der Waals surface area contributed by atoms with E-state index in [1.54, 1.807) is 6.07 Å². The fraction of sp³-hybridized carbons (Fsp3) is 0.538. The van der Waals surface area contributed by atoms with E-state index in [9.17, 15) is 9.50 Å². The number of hydrogen-bond acceptors (Lipinski definition) is 3. The number of aliphatic hydroxyl groups is 1. The summed E-state index contributed by atoms with van der Waals surface area (Å²) >= 11 is 0. The molecule has 0 bridgehead atoms. The van der Waals surface area contributed by atoms with Crippen LogP contribution in [0.2, 0.25) is 0 Å². The van der Waals surface area contributed by atoms with E-state index < -0.39 is 6.10 Å². The third-order valence-corrected chi connectivity index (χ3v) is 3.19. The number of aliphatic hydroxyl groups excluding tert-OH is 1. The van der Waals surface area contributed by atoms with E-state index >= 15 is 0 Å². The van der Waals surface area contributed by atoms with Gasteiger partial charge in [-0.3, -0.25) is 0 Å². The molecule has 1 saturated carbocycles. The molecule has 1 fully saturated rings. The van der Waals surface area contributed by atoms with Crippen LogP contribution in [0.5, 0.6) is 5.75 Å². The van der Waals surface area contributed by atoms with Gasteiger partial charge in [-0.2, -0.15) is 0 Å². The maximum Gasteiger partial charge on any atom is 0.124 e. The molecule has 0 aromatic heterocycles. The maximum atomic E-state index is 13.0. The maximum absolute atomic E-state index is 13.0. The average Bonchev–Trinajstić information content (AvgIpc) is 2.34. The van der Waals surface area contributed by atoms with Gasteiger partial charge in [0, 0.05) is 12.1 Å². The molecule has 0 saturated heterocycles. The molecule has 1 aromatic carbocycles. The minimum absolute atomic E-state index is 0.195. The van der Waals surface area contributed by atoms with Crippen molar-refractivity contribution in [2.24, 2.45) is 5.73 Å². The van der Waals surface area contributed by atoms with Gasteiger partial charge >= 0.3 is 0 Å². The van der Waals surface area contributed by atoms with Crippen molar-refractivity contribution in [3.63, 3.8) is 0 Å². The van der Waals surface area contributed by atoms with Crippen LogP contribution in [-0.2, 0) is 6.54 Å². The van der Waals surface area contributed by atoms with Crippen molar-refractivity contribution < 1.29 is 14.2 Å². The predicted molar refractivity (Wildman–Crippen MR) is 63.2 cm³/mol. The summed E-state index contributed by atoms with van der Waals surface area (Å²) in [7, 11) is 0. The van der Waals surface area contributed by atoms with E-state index in [0.717, 1.165) is 25.7 Å². The number of nitrogens with two attached hydrogens (primary N) is 1. The highest BCUT2D eigenvalue weighted by Crippen LogP contribution is 2.26. The van der Waals surface area contributed by atoms with Crippen LogP contribution in [0.3, 0.4) is 0 Å². The molecule has 0 spiro atoms. The Morgan fingerprint density at radius 1 is 1.35 bits per heavy atom. The number of ether oxygens (including phenoxy) is 1. The van der Waals surface area contributed by atoms with Gasteiger partial charge in [-0.1, -0.05) is 6.42 Å². The summed E-state index contributed by atoms with van der Waals surface area (Å²) in [4.78, 5) is 0. The SMILES string of the molecule is NCc1cc(F)ccc1OC1CCCCC1O. The zero-order valence-electron chi connectivity index (χ0n) is 9.73. The Morgan fingerprint density at radius 3 is 2.82 bits per heavy atom. The minimum Gasteiger partial charge on any atom is -0.487 e. The fourth-order valence-electron chi connectivity index (χ4n) is 2.20. The Balaban J connectivity index is 2.11. The van der Waals surface area contributed by atoms with Crippen molar-refractivity contribution in [2.75, 3.05) is 0 Å². The third-order valence-electron chi connectivity index (χ3n) is 3.19. The number of benzene rings is 1. The lowest BCUT2D eigenvalue weighted by Crippen LogP contribution is -2.34. The molecule has 4 heteroatoms. The van der Waals surface area contributed by atoms with E-state index in [2.05, 4.69) is 0 Å². The summed E-state index contributed by atoms with van der Waals surface area (Å²) in [6, 6.07) is 4.31. The van der Waals surface area contributed by atoms with Crippen LogP contribution < -0.4 is 10.5 Å². The van der Waals surface area contributed by atoms with E-state index in [0.29, 0.717) is 11.3 Å². The second-order valence-corrected chi connectivity index (χ2v) is 4.46. The van der Waals surface area contributed by atoms with Gasteiger partial charge in [-0.15, -0.1) is 0 Å². The Bertz CT molecular complexity index is 384. The van der Waals surface area contributed by atoms with Crippen molar-refractivity contribution in [3.05, 3.63) is 29.6 Å². The van der Waals surface area contributed by atoms with Crippen LogP contribution in [0.1, 0.15) is 31.2 Å². The highest BCUT2D eigenvalue weighted by molar-refractivity contribution is 5.34. The first-order valence-electron chi connectivity index (χ1n) is 6.04. The van der Waals surface area contributed by atoms with Gasteiger partial charge in [0.2, 0.25) is 0 Å². The van der Waals surface area contributed by atoms with Crippen molar-refractivity contribution >= 4 is 0 Å². The number of halogens is 1. The summed E-state index contributed by atoms with van der Waals surface area (Å²) in [6.07, 6.45) is 3.07. The molecular weight excluding hydrogens is 221 g/mol. The largest absolute Gasteiger partial charge is 0.487 e. The average molecular weight is 239 g/mol. The molecule has 1 aliphatic carbocycles. The number of hydrogen-bond donors (Lipinski definition) is 2. The van der Waals surface area contributed by atoms with Crippen LogP contribution >= 0.6 is 0 Å². The lowest BCUT2D eigenvalue weighted by molar-refractivity contribution is 0.00638. The molecule has 2 rings (SSSR count). The molecule has 3 N–H and O–H groups in total. The Labute approximate surface area is 100 Å². The summed E-state index contributed by atoms with van der Waals surface area (Å²) in [6.45, 7) is 0.232. The van der Waals surface area contributed by atoms with Crippen molar-refractivity contribution in [1.29, 1.82) is 0 Å². The third kappa shape index (κ3) is 2.96. The van der Waals surface area contributed by atoms with Gasteiger partial charge in [-0.25, -0.2) is 4.39 Å². The van der Waals surface area contributed by atoms with E-state index in [1.165, 1.54) is 12.1 Å². The van der Waals surface area contributed by atoms with Gasteiger partial charge in [0.05, 0.1) is 6.10 Å². The minimum atomic E-state index is -0.431. The Kier molecular flexibility index (Phi) is 3.97. The second-order valence-electron chi connectivity index (χ2n) is 4.46. The molecule has 0 radical (unpaired) electrons. The standard InChI is InChI=1S/C13H18FNO2/c14-10-5-6-12(9(7-10)8-15)17-13-4-2-1-3-11(13)16/h5-7,11,13,16H,1-4,8,15H2. The molecule has 1 aliphatic rings. The quantitative estimate of drug-likeness (QED) is 0.847. The van der Waals surface area contributed by atoms with Gasteiger partial charge in [-0.05, 0) is 37.5 Å². The van der Waals surface area contributed by atoms with Crippen LogP contribution in [0, 0.1) is 5.82 Å². The molecule has 3 nitrogen and oxygen atoms in total. The summed E-state index contributed by atoms with van der Waals surface area (Å²) in [5, 5.41) is 9.82. The zero-order valence-corrected chi connectivity index (χ0v) is 9.73. The van der Waals surface area contributed by atoms with Crippen LogP contribution in [0.25, 0.3) is 0 Å². The van der Waals surface area contributed by atoms with E-state index in [1.807, 2.05) is 0 Å². The van der Waals surface area contributed by atoms with Crippen molar-refractivity contribution in [3.8, 4) is 5.75 Å². The highest BCUT2D eigenvalue weighted by Gasteiger charge is 2.25. The lowest BCUT2D eigenvalue weighted by atomic mass is 9.95. The number of rotatable bonds is 3. The Morgan fingerprint density at radius 2 is 2.12 bits per heavy atom. The predicted octanol–water partition coefficient (Wildman–Crippen LogP) is 1.97. The van der Waals surface area contributed by atoms with Crippen LogP contribution in [0.4, 0.5) is 4.39 Å². The topological polar surface area (TPSA) is 55.5 Å². The summed E-state index contributed by atoms with van der Waals surface area (Å²) in [5.74, 6) is 0.266. The molecule has 0 heterocycles. The monoisotopic (exact) mass is 239 g/mol. The molecule has 0 amide bonds. The molecule has 17 heavy (non-hydrogen) atoms. The van der Waals surface area contributed by atoms with Crippen molar-refractivity contribution in [1.82, 2.24) is 0 Å². The van der Waals surface area contributed by atoms with Gasteiger partial charge in [0.25, 0.3) is 0 Å². The smallest absolute Gasteiger partial charge is 0.124 e. The highest BCUT2D eigenvalue weighted by atomic mass is 19.1. The normalized spacial score (nSPS) is 24.6. The first-order valence-corrected chi connectivity index (χ1v) is 6.04. The van der Waals surface area contributed by atoms with E-state index in [-0.39, 0.29) is 18.5 Å². The fourth-order valence-corrected chi connectivity index (χ4v) is 2.20. The molecule has 2 unspecified atom stereocenters. The zero-order chi connectivity index (χ0) is 12.3.